The number of ketones is 5. The van der Waals surface area contributed by atoms with Gasteiger partial charge in [-0.25, -0.2) is 103 Å². The van der Waals surface area contributed by atoms with E-state index in [0.29, 0.717) is 119 Å². The maximum atomic E-state index is 15.1. The van der Waals surface area contributed by atoms with Gasteiger partial charge in [0.25, 0.3) is 0 Å². The van der Waals surface area contributed by atoms with Crippen LogP contribution in [-0.2, 0) is 18.3 Å². The normalized spacial score (nSPS) is 19.7. The Labute approximate surface area is 778 Å². The van der Waals surface area contributed by atoms with Crippen LogP contribution >= 0.6 is 11.3 Å². The van der Waals surface area contributed by atoms with Crippen molar-refractivity contribution in [2.45, 2.75) is 174 Å². The van der Waals surface area contributed by atoms with Gasteiger partial charge >= 0.3 is 5.97 Å². The molecule has 15 aromatic rings. The van der Waals surface area contributed by atoms with Gasteiger partial charge in [0, 0.05) is 162 Å². The Morgan fingerprint density at radius 3 is 1.31 bits per heavy atom. The van der Waals surface area contributed by atoms with Crippen LogP contribution in [0.3, 0.4) is 0 Å². The quantitative estimate of drug-likeness (QED) is 0.0200. The van der Waals surface area contributed by atoms with Crippen molar-refractivity contribution < 1.29 is 82.2 Å². The Morgan fingerprint density at radius 2 is 0.898 bits per heavy atom. The second-order valence-corrected chi connectivity index (χ2v) is 36.8. The van der Waals surface area contributed by atoms with Crippen molar-refractivity contribution in [3.05, 3.63) is 219 Å². The van der Waals surface area contributed by atoms with Gasteiger partial charge in [0.15, 0.2) is 92.0 Å². The Bertz CT molecular complexity index is 7130. The summed E-state index contributed by atoms with van der Waals surface area (Å²) in [5.41, 5.74) is 3.16. The molecule has 40 heteroatoms. The fourth-order valence-electron chi connectivity index (χ4n) is 20.0. The van der Waals surface area contributed by atoms with Gasteiger partial charge in [-0.05, 0) is 170 Å². The van der Waals surface area contributed by atoms with Crippen LogP contribution in [0.1, 0.15) is 205 Å². The minimum absolute atomic E-state index is 0.00129. The number of aromatic carboxylic acids is 1. The van der Waals surface area contributed by atoms with Gasteiger partial charge in [-0.1, -0.05) is 19.3 Å². The van der Waals surface area contributed by atoms with E-state index in [9.17, 15) is 73.4 Å². The maximum Gasteiger partial charge on any atom is 0.357 e. The molecule has 28 nitrogen and oxygen atoms in total. The molecular weight excluding hydrogens is 1810 g/mol. The molecule has 0 unspecified atom stereocenters. The molecule has 4 aromatic carbocycles. The number of aryl methyl sites for hydroxylation is 3. The maximum absolute atomic E-state index is 15.1. The predicted octanol–water partition coefficient (Wildman–Crippen LogP) is 20.8. The number of H-pyrrole nitrogens is 5. The van der Waals surface area contributed by atoms with Gasteiger partial charge in [-0.2, -0.15) is 5.10 Å². The molecule has 6 aliphatic rings. The zero-order chi connectivity index (χ0) is 96.5. The van der Waals surface area contributed by atoms with Crippen LogP contribution in [-0.4, -0.2) is 148 Å². The molecule has 137 heavy (non-hydrogen) atoms. The van der Waals surface area contributed by atoms with Crippen LogP contribution in [0, 0.1) is 119 Å². The molecule has 11 aromatic heterocycles. The molecule has 11 heterocycles. The van der Waals surface area contributed by atoms with Crippen molar-refractivity contribution in [3.63, 3.8) is 0 Å². The topological polar surface area (TPSA) is 397 Å². The molecule has 2 bridgehead atoms. The Kier molecular flexibility index (Phi) is 27.9. The van der Waals surface area contributed by atoms with E-state index in [1.165, 1.54) is 82.9 Å². The molecule has 9 N–H and O–H groups in total. The van der Waals surface area contributed by atoms with Crippen LogP contribution < -0.4 is 16.0 Å². The molecule has 6 fully saturated rings. The number of thiazole rings is 1. The number of aromatic nitrogens is 18. The summed E-state index contributed by atoms with van der Waals surface area (Å²) in [6.45, 7) is 6.15. The highest BCUT2D eigenvalue weighted by atomic mass is 32.1. The number of carboxylic acids is 1. The number of halogens is 11. The van der Waals surface area contributed by atoms with Crippen LogP contribution in [0.4, 0.5) is 65.7 Å². The first-order valence-corrected chi connectivity index (χ1v) is 45.9. The first kappa shape index (κ1) is 94.6. The minimum atomic E-state index is -1.61. The number of rotatable bonds is 24. The number of benzene rings is 4. The second kappa shape index (κ2) is 40.4. The van der Waals surface area contributed by atoms with E-state index in [1.54, 1.807) is 41.8 Å². The van der Waals surface area contributed by atoms with Crippen molar-refractivity contribution in [1.29, 1.82) is 0 Å². The summed E-state index contributed by atoms with van der Waals surface area (Å²) in [4.78, 5) is 129. The van der Waals surface area contributed by atoms with Crippen molar-refractivity contribution >= 4 is 107 Å². The van der Waals surface area contributed by atoms with Crippen LogP contribution in [0.2, 0.25) is 0 Å². The zero-order valence-corrected chi connectivity index (χ0v) is 75.4. The zero-order valence-electron chi connectivity index (χ0n) is 74.6. The largest absolute Gasteiger partial charge is 0.476 e. The number of carbonyl (C=O) groups is 6. The highest BCUT2D eigenvalue weighted by molar-refractivity contribution is 7.11. The average Bonchev–Trinajstić information content (AvgIpc) is 1.54. The molecule has 8 atom stereocenters. The Hall–Kier alpha value is -14.2. The standard InChI is InChI=1S/C26H24F3N5O2S.C25H25F3N6O.C24H21F3N6O3.C22H22F2N4O/c1-12-22(29)25(34-24(31-12)18-10-30-23-17(18)8-15(27)9-19(23)28)32-16-5-3-4-14(6-16)7-21(36)20-11-37-26(33-20)13(2)35;1-13-22(28)25(33-24(31-13)18-10-29-23-17(18)8-15(26)9-19(23)27)32-16-5-3-4-14(6-16)7-21(35)20-11-34(2)12-30-20;25-12-6-14-15(8-29-20(14)16(26)7-12)22-32-21(24(35)36)19(27)23(33-22)31-13-3-1-2-11(4-13)5-18(34)17-9-28-10-30-17;1-11(29)20-13-4-2-12(3-5-13)16(20)8-15-9-26-28-22(27-15)18-10-25-21-17(18)6-14(23)7-19(21)24/h8-11,14,16,30H,3-7H2,1-2H3,(H,31,32,34);8-12,14,16,29H,3-7H2,1-2H3,(H,31,32,33);6-11,13,29H,1-5H2,(H,28,30)(H,35,36)(H,31,32,33);6-7,9-10,12-13,16,20,25H,2-5,8H2,1H3/t2*14-,16+;11-,13+;12?,13?,16-,20-/m1111/s1. The van der Waals surface area contributed by atoms with Gasteiger partial charge < -0.3 is 50.5 Å². The summed E-state index contributed by atoms with van der Waals surface area (Å²) in [7, 11) is 1.82. The number of anilines is 3. The van der Waals surface area contributed by atoms with Crippen LogP contribution in [0.25, 0.3) is 89.2 Å². The summed E-state index contributed by atoms with van der Waals surface area (Å²) in [6, 6.07) is 7.39. The summed E-state index contributed by atoms with van der Waals surface area (Å²) in [6.07, 6.45) is 29.3. The van der Waals surface area contributed by atoms with Gasteiger partial charge in [-0.15, -0.1) is 16.4 Å². The van der Waals surface area contributed by atoms with E-state index in [0.717, 1.165) is 106 Å². The monoisotopic (exact) mass is 1900 g/mol. The van der Waals surface area contributed by atoms with Crippen LogP contribution in [0.15, 0.2) is 110 Å². The first-order chi connectivity index (χ1) is 65.8. The molecule has 0 aliphatic heterocycles. The number of aromatic amines is 5. The number of carbonyl (C=O) groups excluding carboxylic acids is 5. The number of hydrogen-bond acceptors (Lipinski definition) is 22. The highest BCUT2D eigenvalue weighted by Gasteiger charge is 2.46. The summed E-state index contributed by atoms with van der Waals surface area (Å²) in [5, 5.41) is 30.0. The molecule has 21 rings (SSSR count). The SMILES string of the molecule is CC(=O)[C@@H]1C2CCC(CC2)[C@H]1Cc1cnnc(-c2c[nH]c3c(F)cc(F)cc23)n1.CC(=O)c1nc(C(=O)C[C@@H]2CCC[C@H](Nc3nc(-c4c[nH]c5c(F)cc(F)cc45)nc(C)c3F)C2)cs1.Cc1nc(-c2c[nH]c3c(F)cc(F)cc23)nc(N[C@H]2CCC[C@@H](CC(=O)c3cn(C)cn3)C2)c1F.O=C(C[C@@H]1CCC[C@H](Nc2nc(-c3c[nH]c4c(F)cc(F)cc34)nc(C(=O)O)c2F)C1)c1cnc[nH]1. The molecule has 0 amide bonds. The molecule has 710 valence electrons. The molecule has 0 radical (unpaired) electrons. The summed E-state index contributed by atoms with van der Waals surface area (Å²) < 4.78 is 159. The number of imidazole rings is 2. The number of hydrogen-bond donors (Lipinski definition) is 9. The van der Waals surface area contributed by atoms with Crippen molar-refractivity contribution in [2.75, 3.05) is 16.0 Å². The number of nitrogens with zero attached hydrogens (tertiary/aromatic N) is 13. The lowest BCUT2D eigenvalue weighted by Gasteiger charge is -2.47. The van der Waals surface area contributed by atoms with E-state index in [4.69, 9.17) is 0 Å². The fourth-order valence-corrected chi connectivity index (χ4v) is 20.8. The lowest BCUT2D eigenvalue weighted by molar-refractivity contribution is -0.130. The smallest absolute Gasteiger partial charge is 0.357 e. The van der Waals surface area contributed by atoms with E-state index in [1.807, 2.05) is 7.05 Å². The van der Waals surface area contributed by atoms with Crippen molar-refractivity contribution in [2.24, 2.45) is 48.5 Å². The molecular formula is C97H92F11N21O7S. The predicted molar refractivity (Wildman–Crippen MR) is 487 cm³/mol. The average molecular weight is 1900 g/mol. The molecule has 0 saturated heterocycles. The number of carboxylic acid groups (broad SMARTS) is 1. The van der Waals surface area contributed by atoms with Crippen molar-refractivity contribution in [1.82, 2.24) is 89.5 Å². The van der Waals surface area contributed by atoms with Crippen molar-refractivity contribution in [3.8, 4) is 45.6 Å². The summed E-state index contributed by atoms with van der Waals surface area (Å²) in [5.74, 6) is -8.06. The first-order valence-electron chi connectivity index (χ1n) is 45.0. The van der Waals surface area contributed by atoms with Gasteiger partial charge in [0.2, 0.25) is 0 Å². The van der Waals surface area contributed by atoms with Crippen LogP contribution in [0.5, 0.6) is 0 Å². The third-order valence-corrected chi connectivity index (χ3v) is 27.4. The van der Waals surface area contributed by atoms with E-state index in [2.05, 4.69) is 101 Å². The second-order valence-electron chi connectivity index (χ2n) is 35.9. The van der Waals surface area contributed by atoms with E-state index < -0.39 is 75.7 Å². The summed E-state index contributed by atoms with van der Waals surface area (Å²) >= 11 is 1.16. The lowest BCUT2D eigenvalue weighted by Crippen LogP contribution is -2.44. The number of nitrogens with one attached hydrogen (secondary N) is 8. The third kappa shape index (κ3) is 21.0. The van der Waals surface area contributed by atoms with E-state index >= 15 is 8.78 Å². The number of Topliss-reactive ketones (excluding diaryl/α,β-unsaturated/α-hetero) is 5. The fraction of sp³-hybridized carbons (Fsp3) is 0.361. The number of fused-ring (bicyclic) bond motifs is 7. The molecule has 0 spiro atoms. The minimum Gasteiger partial charge on any atom is -0.476 e. The van der Waals surface area contributed by atoms with Gasteiger partial charge in [-0.3, -0.25) is 24.0 Å². The third-order valence-electron chi connectivity index (χ3n) is 26.5. The van der Waals surface area contributed by atoms with E-state index in [-0.39, 0.29) is 167 Å². The van der Waals surface area contributed by atoms with Gasteiger partial charge in [0.05, 0.1) is 64.2 Å². The lowest BCUT2D eigenvalue weighted by atomic mass is 9.56. The highest BCUT2D eigenvalue weighted by Crippen LogP contribution is 2.51. The Morgan fingerprint density at radius 1 is 0.474 bits per heavy atom. The van der Waals surface area contributed by atoms with Gasteiger partial charge in [0.1, 0.15) is 69.4 Å². The Balaban J connectivity index is 0.000000127. The molecule has 6 saturated carbocycles. The molecule has 6 aliphatic carbocycles.